The second-order valence-corrected chi connectivity index (χ2v) is 8.25. The van der Waals surface area contributed by atoms with Crippen LogP contribution in [0.2, 0.25) is 0 Å². The molecule has 0 saturated heterocycles. The predicted octanol–water partition coefficient (Wildman–Crippen LogP) is 1.73. The third-order valence-electron chi connectivity index (χ3n) is 4.52. The summed E-state index contributed by atoms with van der Waals surface area (Å²) in [5.74, 6) is 1.14. The molecule has 0 amide bonds. The number of hydrogen-bond acceptors (Lipinski definition) is 6. The Morgan fingerprint density at radius 1 is 1.00 bits per heavy atom. The number of benzene rings is 2. The Hall–Kier alpha value is -2.88. The molecule has 1 heterocycles. The van der Waals surface area contributed by atoms with Crippen LogP contribution in [-0.2, 0) is 16.6 Å². The van der Waals surface area contributed by atoms with Crippen molar-refractivity contribution in [1.82, 2.24) is 9.29 Å². The van der Waals surface area contributed by atoms with Crippen LogP contribution in [0.4, 0.5) is 0 Å². The van der Waals surface area contributed by atoms with E-state index >= 15 is 0 Å². The van der Waals surface area contributed by atoms with Gasteiger partial charge in [-0.25, -0.2) is 8.42 Å². The maximum atomic E-state index is 13.0. The van der Waals surface area contributed by atoms with E-state index in [1.807, 2.05) is 0 Å². The SMILES string of the molecule is COc1ccc(S(=O)(=O)N(CCO)Cc2cc3cc(OC)ccc3[nH]c2=O)cc1. The van der Waals surface area contributed by atoms with Crippen molar-refractivity contribution in [3.63, 3.8) is 0 Å². The molecule has 0 fully saturated rings. The highest BCUT2D eigenvalue weighted by Gasteiger charge is 2.25. The average Bonchev–Trinajstić information content (AvgIpc) is 2.73. The van der Waals surface area contributed by atoms with Gasteiger partial charge in [0.05, 0.1) is 25.7 Å². The monoisotopic (exact) mass is 418 g/mol. The minimum atomic E-state index is -3.93. The molecule has 154 valence electrons. The van der Waals surface area contributed by atoms with Crippen LogP contribution >= 0.6 is 0 Å². The van der Waals surface area contributed by atoms with Crippen molar-refractivity contribution in [1.29, 1.82) is 0 Å². The fraction of sp³-hybridized carbons (Fsp3) is 0.250. The molecule has 2 aromatic carbocycles. The van der Waals surface area contributed by atoms with Gasteiger partial charge in [0.15, 0.2) is 0 Å². The first-order valence-corrected chi connectivity index (χ1v) is 10.3. The second-order valence-electron chi connectivity index (χ2n) is 6.31. The van der Waals surface area contributed by atoms with Crippen LogP contribution in [0, 0.1) is 0 Å². The molecule has 0 bridgehead atoms. The van der Waals surface area contributed by atoms with Gasteiger partial charge in [0.2, 0.25) is 10.0 Å². The number of fused-ring (bicyclic) bond motifs is 1. The van der Waals surface area contributed by atoms with Crippen molar-refractivity contribution < 1.29 is 23.0 Å². The third kappa shape index (κ3) is 4.42. The highest BCUT2D eigenvalue weighted by molar-refractivity contribution is 7.89. The Kier molecular flexibility index (Phi) is 6.21. The van der Waals surface area contributed by atoms with Gasteiger partial charge < -0.3 is 19.6 Å². The summed E-state index contributed by atoms with van der Waals surface area (Å²) in [6.07, 6.45) is 0. The molecule has 0 saturated carbocycles. The van der Waals surface area contributed by atoms with Crippen molar-refractivity contribution in [3.05, 3.63) is 64.4 Å². The number of H-pyrrole nitrogens is 1. The van der Waals surface area contributed by atoms with Gasteiger partial charge >= 0.3 is 0 Å². The molecule has 0 aliphatic rings. The molecule has 3 rings (SSSR count). The summed E-state index contributed by atoms with van der Waals surface area (Å²) in [5, 5.41) is 10.1. The number of aliphatic hydroxyl groups excluding tert-OH is 1. The van der Waals surface area contributed by atoms with Crippen LogP contribution in [0.15, 0.2) is 58.2 Å². The molecule has 0 aliphatic carbocycles. The molecule has 2 N–H and O–H groups in total. The summed E-state index contributed by atoms with van der Waals surface area (Å²) in [5.41, 5.74) is 0.484. The molecule has 0 aliphatic heterocycles. The first-order chi connectivity index (χ1) is 13.9. The molecule has 0 atom stereocenters. The number of ether oxygens (including phenoxy) is 2. The Morgan fingerprint density at radius 3 is 2.28 bits per heavy atom. The fourth-order valence-corrected chi connectivity index (χ4v) is 4.37. The van der Waals surface area contributed by atoms with Crippen molar-refractivity contribution in [3.8, 4) is 11.5 Å². The first-order valence-electron chi connectivity index (χ1n) is 8.84. The lowest BCUT2D eigenvalue weighted by molar-refractivity contribution is 0.251. The smallest absolute Gasteiger partial charge is 0.252 e. The van der Waals surface area contributed by atoms with Gasteiger partial charge in [-0.1, -0.05) is 0 Å². The minimum Gasteiger partial charge on any atom is -0.497 e. The maximum Gasteiger partial charge on any atom is 0.252 e. The number of nitrogens with one attached hydrogen (secondary N) is 1. The summed E-state index contributed by atoms with van der Waals surface area (Å²) in [6, 6.07) is 12.8. The molecular weight excluding hydrogens is 396 g/mol. The standard InChI is InChI=1S/C20H22N2O6S/c1-27-16-3-6-18(7-4-16)29(25,26)22(9-10-23)13-15-11-14-12-17(28-2)5-8-19(14)21-20(15)24/h3-8,11-12,23H,9-10,13H2,1-2H3,(H,21,24). The van der Waals surface area contributed by atoms with Gasteiger partial charge in [0.1, 0.15) is 11.5 Å². The van der Waals surface area contributed by atoms with Crippen LogP contribution in [0.1, 0.15) is 5.56 Å². The zero-order valence-corrected chi connectivity index (χ0v) is 16.9. The zero-order valence-electron chi connectivity index (χ0n) is 16.1. The number of aromatic amines is 1. The molecule has 8 nitrogen and oxygen atoms in total. The Morgan fingerprint density at radius 2 is 1.66 bits per heavy atom. The average molecular weight is 418 g/mol. The number of aliphatic hydroxyl groups is 1. The van der Waals surface area contributed by atoms with E-state index in [0.717, 1.165) is 4.31 Å². The van der Waals surface area contributed by atoms with Crippen molar-refractivity contribution >= 4 is 20.9 Å². The van der Waals surface area contributed by atoms with Crippen molar-refractivity contribution in [2.75, 3.05) is 27.4 Å². The van der Waals surface area contributed by atoms with E-state index in [1.165, 1.54) is 26.4 Å². The molecule has 1 aromatic heterocycles. The summed E-state index contributed by atoms with van der Waals surface area (Å²) < 4.78 is 37.4. The van der Waals surface area contributed by atoms with Gasteiger partial charge in [-0.2, -0.15) is 4.31 Å². The van der Waals surface area contributed by atoms with Gasteiger partial charge in [-0.3, -0.25) is 4.79 Å². The minimum absolute atomic E-state index is 0.0469. The zero-order chi connectivity index (χ0) is 21.0. The van der Waals surface area contributed by atoms with Crippen molar-refractivity contribution in [2.24, 2.45) is 0 Å². The highest BCUT2D eigenvalue weighted by Crippen LogP contribution is 2.22. The van der Waals surface area contributed by atoms with Crippen LogP contribution in [-0.4, -0.2) is 50.2 Å². The van der Waals surface area contributed by atoms with Gasteiger partial charge in [-0.15, -0.1) is 0 Å². The number of rotatable bonds is 8. The number of nitrogens with zero attached hydrogens (tertiary/aromatic N) is 1. The quantitative estimate of drug-likeness (QED) is 0.577. The predicted molar refractivity (Wildman–Crippen MR) is 109 cm³/mol. The van der Waals surface area contributed by atoms with E-state index in [1.54, 1.807) is 36.4 Å². The fourth-order valence-electron chi connectivity index (χ4n) is 2.96. The van der Waals surface area contributed by atoms with Gasteiger partial charge in [0, 0.05) is 29.6 Å². The van der Waals surface area contributed by atoms with Crippen molar-refractivity contribution in [2.45, 2.75) is 11.4 Å². The normalized spacial score (nSPS) is 11.7. The van der Waals surface area contributed by atoms with E-state index in [9.17, 15) is 18.3 Å². The van der Waals surface area contributed by atoms with Crippen LogP contribution in [0.5, 0.6) is 11.5 Å². The summed E-state index contributed by atoms with van der Waals surface area (Å²) >= 11 is 0. The Balaban J connectivity index is 1.99. The van der Waals surface area contributed by atoms with E-state index in [2.05, 4.69) is 4.98 Å². The third-order valence-corrected chi connectivity index (χ3v) is 6.38. The van der Waals surface area contributed by atoms with E-state index in [0.29, 0.717) is 22.4 Å². The number of hydrogen-bond donors (Lipinski definition) is 2. The van der Waals surface area contributed by atoms with Crippen LogP contribution < -0.4 is 15.0 Å². The lowest BCUT2D eigenvalue weighted by Crippen LogP contribution is -2.35. The number of sulfonamides is 1. The topological polar surface area (TPSA) is 109 Å². The molecule has 9 heteroatoms. The van der Waals surface area contributed by atoms with E-state index in [4.69, 9.17) is 9.47 Å². The van der Waals surface area contributed by atoms with Crippen LogP contribution in [0.3, 0.4) is 0 Å². The molecule has 29 heavy (non-hydrogen) atoms. The summed E-state index contributed by atoms with van der Waals surface area (Å²) in [7, 11) is -0.900. The first kappa shape index (κ1) is 20.8. The van der Waals surface area contributed by atoms with Gasteiger partial charge in [-0.05, 0) is 48.5 Å². The lowest BCUT2D eigenvalue weighted by Gasteiger charge is -2.21. The molecule has 0 unspecified atom stereocenters. The molecule has 0 spiro atoms. The van der Waals surface area contributed by atoms with Crippen LogP contribution in [0.25, 0.3) is 10.9 Å². The van der Waals surface area contributed by atoms with E-state index in [-0.39, 0.29) is 30.2 Å². The van der Waals surface area contributed by atoms with Gasteiger partial charge in [0.25, 0.3) is 5.56 Å². The number of pyridine rings is 1. The second kappa shape index (κ2) is 8.64. The maximum absolute atomic E-state index is 13.0. The summed E-state index contributed by atoms with van der Waals surface area (Å²) in [4.78, 5) is 15.3. The number of methoxy groups -OCH3 is 2. The summed E-state index contributed by atoms with van der Waals surface area (Å²) in [6.45, 7) is -0.712. The largest absolute Gasteiger partial charge is 0.497 e. The Bertz CT molecular complexity index is 1160. The molecule has 0 radical (unpaired) electrons. The lowest BCUT2D eigenvalue weighted by atomic mass is 10.1. The molecule has 3 aromatic rings. The van der Waals surface area contributed by atoms with E-state index < -0.39 is 15.6 Å². The number of aromatic nitrogens is 1. The molecular formula is C20H22N2O6S. The Labute approximate surface area is 168 Å². The highest BCUT2D eigenvalue weighted by atomic mass is 32.2.